The highest BCUT2D eigenvalue weighted by molar-refractivity contribution is 9.10. The van der Waals surface area contributed by atoms with E-state index in [1.54, 1.807) is 12.4 Å². The van der Waals surface area contributed by atoms with Gasteiger partial charge in [-0.1, -0.05) is 0 Å². The highest BCUT2D eigenvalue weighted by atomic mass is 79.9. The van der Waals surface area contributed by atoms with Crippen LogP contribution in [0.4, 0.5) is 5.82 Å². The van der Waals surface area contributed by atoms with Crippen LogP contribution in [0.5, 0.6) is 11.6 Å². The molecule has 8 heteroatoms. The molecule has 0 spiro atoms. The molecule has 1 aliphatic rings. The van der Waals surface area contributed by atoms with Crippen molar-refractivity contribution in [2.24, 2.45) is 5.92 Å². The first kappa shape index (κ1) is 16.9. The van der Waals surface area contributed by atoms with Crippen LogP contribution in [0.15, 0.2) is 29.3 Å². The average Bonchev–Trinajstić information content (AvgIpc) is 2.62. The molecule has 0 saturated carbocycles. The van der Waals surface area contributed by atoms with E-state index >= 15 is 0 Å². The van der Waals surface area contributed by atoms with Gasteiger partial charge in [-0.15, -0.1) is 0 Å². The number of ether oxygens (including phenoxy) is 3. The smallest absolute Gasteiger partial charge is 0.258 e. The Balaban J connectivity index is 1.62. The van der Waals surface area contributed by atoms with E-state index in [9.17, 15) is 0 Å². The third-order valence-electron chi connectivity index (χ3n) is 3.79. The van der Waals surface area contributed by atoms with Crippen molar-refractivity contribution < 1.29 is 14.2 Å². The first-order valence-electron chi connectivity index (χ1n) is 7.76. The molecular formula is C16H19BrN4O3. The lowest BCUT2D eigenvalue weighted by Crippen LogP contribution is -2.21. The molecule has 1 aliphatic heterocycles. The van der Waals surface area contributed by atoms with Crippen molar-refractivity contribution in [1.82, 2.24) is 15.0 Å². The van der Waals surface area contributed by atoms with Crippen LogP contribution < -0.4 is 15.2 Å². The van der Waals surface area contributed by atoms with E-state index in [0.717, 1.165) is 31.6 Å². The minimum Gasteiger partial charge on any atom is -0.491 e. The second kappa shape index (κ2) is 8.25. The number of rotatable bonds is 6. The Morgan fingerprint density at radius 1 is 1.25 bits per heavy atom. The molecular weight excluding hydrogens is 376 g/mol. The number of aromatic nitrogens is 3. The molecule has 7 nitrogen and oxygen atoms in total. The minimum absolute atomic E-state index is 0.247. The van der Waals surface area contributed by atoms with E-state index in [1.165, 1.54) is 6.20 Å². The van der Waals surface area contributed by atoms with Crippen molar-refractivity contribution in [3.8, 4) is 11.6 Å². The van der Waals surface area contributed by atoms with E-state index in [4.69, 9.17) is 19.9 Å². The third-order valence-corrected chi connectivity index (χ3v) is 4.17. The van der Waals surface area contributed by atoms with Crippen LogP contribution in [-0.4, -0.2) is 34.8 Å². The highest BCUT2D eigenvalue weighted by Crippen LogP contribution is 2.24. The fourth-order valence-electron chi connectivity index (χ4n) is 2.39. The zero-order valence-electron chi connectivity index (χ0n) is 13.2. The number of halogens is 1. The van der Waals surface area contributed by atoms with Crippen LogP contribution in [-0.2, 0) is 11.3 Å². The number of pyridine rings is 1. The number of hydrogen-bond donors (Lipinski definition) is 1. The first-order chi connectivity index (χ1) is 11.7. The van der Waals surface area contributed by atoms with Gasteiger partial charge in [-0.3, -0.25) is 4.98 Å². The molecule has 3 rings (SSSR count). The zero-order valence-corrected chi connectivity index (χ0v) is 14.7. The number of nitrogens with two attached hydrogens (primary N) is 1. The van der Waals surface area contributed by atoms with Crippen LogP contribution in [0.2, 0.25) is 0 Å². The Bertz CT molecular complexity index is 680. The standard InChI is InChI=1S/C16H19BrN4O3/c17-14-8-20-15(18)16(21-14)24-10-12-1-4-19-7-13(12)23-9-11-2-5-22-6-3-11/h1,4,7-8,11H,2-3,5-6,9-10H2,(H2,18,20). The largest absolute Gasteiger partial charge is 0.491 e. The van der Waals surface area contributed by atoms with Crippen LogP contribution in [0.25, 0.3) is 0 Å². The van der Waals surface area contributed by atoms with Crippen LogP contribution in [0.1, 0.15) is 18.4 Å². The molecule has 1 fully saturated rings. The van der Waals surface area contributed by atoms with Gasteiger partial charge in [0.25, 0.3) is 5.88 Å². The van der Waals surface area contributed by atoms with Crippen molar-refractivity contribution in [2.75, 3.05) is 25.6 Å². The molecule has 0 aromatic carbocycles. The highest BCUT2D eigenvalue weighted by Gasteiger charge is 2.16. The number of anilines is 1. The molecule has 2 aromatic heterocycles. The molecule has 0 aliphatic carbocycles. The Morgan fingerprint density at radius 2 is 2.08 bits per heavy atom. The van der Waals surface area contributed by atoms with Crippen molar-refractivity contribution in [1.29, 1.82) is 0 Å². The first-order valence-corrected chi connectivity index (χ1v) is 8.56. The van der Waals surface area contributed by atoms with Crippen LogP contribution in [0, 0.1) is 5.92 Å². The van der Waals surface area contributed by atoms with Gasteiger partial charge in [-0.05, 0) is 40.8 Å². The molecule has 1 saturated heterocycles. The summed E-state index contributed by atoms with van der Waals surface area (Å²) >= 11 is 3.25. The van der Waals surface area contributed by atoms with Crippen molar-refractivity contribution in [2.45, 2.75) is 19.4 Å². The molecule has 2 N–H and O–H groups in total. The fraction of sp³-hybridized carbons (Fsp3) is 0.438. The van der Waals surface area contributed by atoms with Gasteiger partial charge in [0, 0.05) is 25.0 Å². The van der Waals surface area contributed by atoms with Gasteiger partial charge in [0.2, 0.25) is 0 Å². The third kappa shape index (κ3) is 4.55. The van der Waals surface area contributed by atoms with Gasteiger partial charge >= 0.3 is 0 Å². The Kier molecular flexibility index (Phi) is 5.81. The Morgan fingerprint density at radius 3 is 2.92 bits per heavy atom. The lowest BCUT2D eigenvalue weighted by Gasteiger charge is -2.22. The molecule has 128 valence electrons. The van der Waals surface area contributed by atoms with E-state index < -0.39 is 0 Å². The monoisotopic (exact) mass is 394 g/mol. The molecule has 0 unspecified atom stereocenters. The predicted molar refractivity (Wildman–Crippen MR) is 91.8 cm³/mol. The Labute approximate surface area is 148 Å². The number of hydrogen-bond acceptors (Lipinski definition) is 7. The number of nitrogen functional groups attached to an aromatic ring is 1. The molecule has 0 radical (unpaired) electrons. The molecule has 3 heterocycles. The average molecular weight is 395 g/mol. The maximum absolute atomic E-state index is 5.94. The van der Waals surface area contributed by atoms with Crippen molar-refractivity contribution in [3.05, 3.63) is 34.8 Å². The van der Waals surface area contributed by atoms with Gasteiger partial charge in [0.1, 0.15) is 17.0 Å². The number of nitrogens with zero attached hydrogens (tertiary/aromatic N) is 3. The SMILES string of the molecule is Nc1ncc(Br)nc1OCc1ccncc1OCC1CCOCC1. The second-order valence-corrected chi connectivity index (χ2v) is 6.33. The van der Waals surface area contributed by atoms with Gasteiger partial charge in [-0.25, -0.2) is 9.97 Å². The maximum Gasteiger partial charge on any atom is 0.258 e. The molecule has 0 bridgehead atoms. The quantitative estimate of drug-likeness (QED) is 0.804. The summed E-state index contributed by atoms with van der Waals surface area (Å²) in [5, 5.41) is 0. The molecule has 0 amide bonds. The van der Waals surface area contributed by atoms with Gasteiger partial charge in [-0.2, -0.15) is 0 Å². The summed E-state index contributed by atoms with van der Waals surface area (Å²) in [6.07, 6.45) is 6.98. The predicted octanol–water partition coefficient (Wildman–Crippen LogP) is 2.60. The lowest BCUT2D eigenvalue weighted by molar-refractivity contribution is 0.0494. The zero-order chi connectivity index (χ0) is 16.8. The van der Waals surface area contributed by atoms with E-state index in [-0.39, 0.29) is 18.3 Å². The summed E-state index contributed by atoms with van der Waals surface area (Å²) in [6, 6.07) is 1.86. The van der Waals surface area contributed by atoms with E-state index in [1.807, 2.05) is 6.07 Å². The molecule has 0 atom stereocenters. The second-order valence-electron chi connectivity index (χ2n) is 5.52. The van der Waals surface area contributed by atoms with Crippen LogP contribution in [0.3, 0.4) is 0 Å². The summed E-state index contributed by atoms with van der Waals surface area (Å²) in [5.74, 6) is 1.76. The van der Waals surface area contributed by atoms with Gasteiger partial charge in [0.05, 0.1) is 19.0 Å². The maximum atomic E-state index is 5.94. The molecule has 24 heavy (non-hydrogen) atoms. The Hall–Kier alpha value is -1.93. The van der Waals surface area contributed by atoms with Crippen molar-refractivity contribution in [3.63, 3.8) is 0 Å². The van der Waals surface area contributed by atoms with E-state index in [2.05, 4.69) is 30.9 Å². The molecule has 2 aromatic rings. The summed E-state index contributed by atoms with van der Waals surface area (Å²) in [7, 11) is 0. The van der Waals surface area contributed by atoms with Crippen molar-refractivity contribution >= 4 is 21.7 Å². The van der Waals surface area contributed by atoms with Gasteiger partial charge in [0.15, 0.2) is 5.82 Å². The topological polar surface area (TPSA) is 92.4 Å². The normalized spacial score (nSPS) is 15.2. The summed E-state index contributed by atoms with van der Waals surface area (Å²) in [6.45, 7) is 2.54. The fourth-order valence-corrected chi connectivity index (χ4v) is 2.66. The van der Waals surface area contributed by atoms with Crippen LogP contribution >= 0.6 is 15.9 Å². The summed E-state index contributed by atoms with van der Waals surface area (Å²) < 4.78 is 17.6. The van der Waals surface area contributed by atoms with Gasteiger partial charge < -0.3 is 19.9 Å². The lowest BCUT2D eigenvalue weighted by atomic mass is 10.0. The summed E-state index contributed by atoms with van der Waals surface area (Å²) in [5.41, 5.74) is 6.66. The minimum atomic E-state index is 0.247. The van der Waals surface area contributed by atoms with E-state index in [0.29, 0.717) is 22.9 Å². The summed E-state index contributed by atoms with van der Waals surface area (Å²) in [4.78, 5) is 12.3.